The molecule has 0 unspecified atom stereocenters. The van der Waals surface area contributed by atoms with Crippen molar-refractivity contribution in [3.63, 3.8) is 0 Å². The fraction of sp³-hybridized carbons (Fsp3) is 0.346. The Bertz CT molecular complexity index is 1420. The normalized spacial score (nSPS) is 11.5. The highest BCUT2D eigenvalue weighted by molar-refractivity contribution is 5.95. The molecular formula is C26H32F2N8O. The van der Waals surface area contributed by atoms with Crippen LogP contribution in [0.15, 0.2) is 36.7 Å². The lowest BCUT2D eigenvalue weighted by molar-refractivity contribution is 0.234. The smallest absolute Gasteiger partial charge is 0.240 e. The topological polar surface area (TPSA) is 97.4 Å². The number of rotatable bonds is 9. The minimum absolute atomic E-state index is 0.130. The first-order valence-electron chi connectivity index (χ1n) is 11.9. The van der Waals surface area contributed by atoms with Gasteiger partial charge in [-0.15, -0.1) is 0 Å². The summed E-state index contributed by atoms with van der Waals surface area (Å²) < 4.78 is 35.5. The highest BCUT2D eigenvalue weighted by Crippen LogP contribution is 2.35. The van der Waals surface area contributed by atoms with Crippen LogP contribution in [0.25, 0.3) is 22.2 Å². The van der Waals surface area contributed by atoms with Crippen molar-refractivity contribution in [1.82, 2.24) is 24.4 Å². The molecule has 3 N–H and O–H groups in total. The Labute approximate surface area is 214 Å². The number of fused-ring (bicyclic) bond motifs is 1. The predicted octanol–water partition coefficient (Wildman–Crippen LogP) is 4.42. The maximum Gasteiger partial charge on any atom is 0.240 e. The van der Waals surface area contributed by atoms with Crippen LogP contribution in [0.2, 0.25) is 0 Å². The van der Waals surface area contributed by atoms with Crippen LogP contribution in [0.5, 0.6) is 5.88 Å². The number of nitrogen functional groups attached to an aromatic ring is 1. The molecule has 0 saturated carbocycles. The average molecular weight is 511 g/mol. The molecule has 0 spiro atoms. The van der Waals surface area contributed by atoms with E-state index in [0.29, 0.717) is 45.2 Å². The van der Waals surface area contributed by atoms with Gasteiger partial charge >= 0.3 is 0 Å². The Kier molecular flexibility index (Phi) is 7.44. The number of aryl methyl sites for hydroxylation is 1. The van der Waals surface area contributed by atoms with E-state index in [1.807, 2.05) is 39.9 Å². The quantitative estimate of drug-likeness (QED) is 0.342. The number of benzene rings is 1. The van der Waals surface area contributed by atoms with Crippen molar-refractivity contribution in [2.24, 2.45) is 7.05 Å². The Morgan fingerprint density at radius 3 is 2.51 bits per heavy atom. The van der Waals surface area contributed by atoms with Gasteiger partial charge in [0.2, 0.25) is 11.8 Å². The number of pyridine rings is 1. The predicted molar refractivity (Wildman–Crippen MR) is 143 cm³/mol. The van der Waals surface area contributed by atoms with Gasteiger partial charge in [-0.2, -0.15) is 4.98 Å². The standard InChI is InChI=1S/C26H32F2N8O/c1-15(2)37-25-22(13-20(29)24(33-25)35(5)10-9-34(3)4)32-26-30-8-7-21(31-26)17-14-36(6)23-12-19(28)18(27)11-16(17)23/h7-8,11-15H,9-10,29H2,1-6H3,(H,30,31,32). The van der Waals surface area contributed by atoms with Gasteiger partial charge in [-0.05, 0) is 46.1 Å². The SMILES string of the molecule is CC(C)Oc1nc(N(C)CCN(C)C)c(N)cc1Nc1nccc(-c2cn(C)c3cc(F)c(F)cc23)n1. The molecule has 0 atom stereocenters. The van der Waals surface area contributed by atoms with Crippen molar-refractivity contribution in [2.45, 2.75) is 20.0 Å². The first-order valence-corrected chi connectivity index (χ1v) is 11.9. The minimum Gasteiger partial charge on any atom is -0.473 e. The zero-order valence-corrected chi connectivity index (χ0v) is 21.9. The average Bonchev–Trinajstić information content (AvgIpc) is 3.14. The van der Waals surface area contributed by atoms with E-state index in [1.54, 1.807) is 36.1 Å². The maximum atomic E-state index is 14.0. The summed E-state index contributed by atoms with van der Waals surface area (Å²) in [5.41, 5.74) is 9.11. The van der Waals surface area contributed by atoms with Gasteiger partial charge in [0.15, 0.2) is 17.5 Å². The fourth-order valence-corrected chi connectivity index (χ4v) is 3.94. The molecule has 0 aliphatic rings. The van der Waals surface area contributed by atoms with Gasteiger partial charge in [0.25, 0.3) is 0 Å². The second kappa shape index (κ2) is 10.6. The third-order valence-corrected chi connectivity index (χ3v) is 5.80. The van der Waals surface area contributed by atoms with E-state index in [4.69, 9.17) is 15.5 Å². The van der Waals surface area contributed by atoms with Crippen LogP contribution in [-0.4, -0.2) is 64.8 Å². The van der Waals surface area contributed by atoms with Crippen LogP contribution in [0.3, 0.4) is 0 Å². The van der Waals surface area contributed by atoms with Gasteiger partial charge in [0.1, 0.15) is 5.69 Å². The van der Waals surface area contributed by atoms with Crippen LogP contribution in [0.1, 0.15) is 13.8 Å². The number of anilines is 4. The molecule has 37 heavy (non-hydrogen) atoms. The zero-order chi connectivity index (χ0) is 26.9. The second-order valence-electron chi connectivity index (χ2n) is 9.47. The molecule has 11 heteroatoms. The van der Waals surface area contributed by atoms with Crippen molar-refractivity contribution in [3.8, 4) is 17.1 Å². The van der Waals surface area contributed by atoms with Gasteiger partial charge < -0.3 is 30.2 Å². The lowest BCUT2D eigenvalue weighted by Crippen LogP contribution is -2.29. The van der Waals surface area contributed by atoms with Crippen LogP contribution >= 0.6 is 0 Å². The van der Waals surface area contributed by atoms with E-state index >= 15 is 0 Å². The number of halogens is 2. The number of hydrogen-bond donors (Lipinski definition) is 2. The van der Waals surface area contributed by atoms with E-state index < -0.39 is 11.6 Å². The van der Waals surface area contributed by atoms with Crippen molar-refractivity contribution >= 4 is 34.0 Å². The maximum absolute atomic E-state index is 14.0. The highest BCUT2D eigenvalue weighted by atomic mass is 19.2. The Balaban J connectivity index is 1.69. The molecule has 4 rings (SSSR count). The Morgan fingerprint density at radius 1 is 1.08 bits per heavy atom. The molecule has 0 radical (unpaired) electrons. The van der Waals surface area contributed by atoms with E-state index in [9.17, 15) is 8.78 Å². The summed E-state index contributed by atoms with van der Waals surface area (Å²) in [6.45, 7) is 5.40. The molecule has 1 aromatic carbocycles. The summed E-state index contributed by atoms with van der Waals surface area (Å²) in [4.78, 5) is 17.7. The monoisotopic (exact) mass is 510 g/mol. The van der Waals surface area contributed by atoms with Crippen molar-refractivity contribution < 1.29 is 13.5 Å². The largest absolute Gasteiger partial charge is 0.473 e. The molecule has 0 fully saturated rings. The number of likely N-dealkylation sites (N-methyl/N-ethyl adjacent to an activating group) is 2. The molecule has 4 aromatic rings. The Morgan fingerprint density at radius 2 is 1.81 bits per heavy atom. The Hall–Kier alpha value is -3.99. The summed E-state index contributed by atoms with van der Waals surface area (Å²) >= 11 is 0. The molecule has 196 valence electrons. The summed E-state index contributed by atoms with van der Waals surface area (Å²) in [6, 6.07) is 5.82. The van der Waals surface area contributed by atoms with Gasteiger partial charge in [-0.3, -0.25) is 0 Å². The molecule has 3 aromatic heterocycles. The van der Waals surface area contributed by atoms with Crippen molar-refractivity contribution in [3.05, 3.63) is 48.3 Å². The minimum atomic E-state index is -0.917. The van der Waals surface area contributed by atoms with Crippen molar-refractivity contribution in [2.75, 3.05) is 50.2 Å². The molecule has 0 saturated heterocycles. The van der Waals surface area contributed by atoms with E-state index in [2.05, 4.69) is 20.2 Å². The molecular weight excluding hydrogens is 478 g/mol. The number of aromatic nitrogens is 4. The molecule has 0 amide bonds. The number of nitrogens with one attached hydrogen (secondary N) is 1. The number of ether oxygens (including phenoxy) is 1. The summed E-state index contributed by atoms with van der Waals surface area (Å²) in [6.07, 6.45) is 3.24. The number of nitrogens with two attached hydrogens (primary N) is 1. The molecule has 3 heterocycles. The van der Waals surface area contributed by atoms with Crippen LogP contribution in [0.4, 0.5) is 31.9 Å². The van der Waals surface area contributed by atoms with Crippen LogP contribution in [-0.2, 0) is 7.05 Å². The first kappa shape index (κ1) is 26.1. The lowest BCUT2D eigenvalue weighted by Gasteiger charge is -2.24. The van der Waals surface area contributed by atoms with E-state index in [1.165, 1.54) is 12.1 Å². The third-order valence-electron chi connectivity index (χ3n) is 5.80. The van der Waals surface area contributed by atoms with Crippen LogP contribution in [0, 0.1) is 11.6 Å². The summed E-state index contributed by atoms with van der Waals surface area (Å²) in [5.74, 6) is -0.556. The van der Waals surface area contributed by atoms with Gasteiger partial charge in [0.05, 0.1) is 23.0 Å². The first-order chi connectivity index (χ1) is 17.5. The highest BCUT2D eigenvalue weighted by Gasteiger charge is 2.18. The zero-order valence-electron chi connectivity index (χ0n) is 21.9. The van der Waals surface area contributed by atoms with Crippen LogP contribution < -0.4 is 20.7 Å². The third kappa shape index (κ3) is 5.72. The fourth-order valence-electron chi connectivity index (χ4n) is 3.94. The van der Waals surface area contributed by atoms with Gasteiger partial charge in [-0.25, -0.2) is 18.7 Å². The second-order valence-corrected chi connectivity index (χ2v) is 9.47. The van der Waals surface area contributed by atoms with E-state index in [-0.39, 0.29) is 12.1 Å². The van der Waals surface area contributed by atoms with Crippen molar-refractivity contribution in [1.29, 1.82) is 0 Å². The summed E-state index contributed by atoms with van der Waals surface area (Å²) in [7, 11) is 7.71. The number of nitrogens with zero attached hydrogens (tertiary/aromatic N) is 6. The lowest BCUT2D eigenvalue weighted by atomic mass is 10.1. The summed E-state index contributed by atoms with van der Waals surface area (Å²) in [5, 5.41) is 3.71. The molecule has 0 aliphatic carbocycles. The van der Waals surface area contributed by atoms with Gasteiger partial charge in [0, 0.05) is 56.6 Å². The molecule has 9 nitrogen and oxygen atoms in total. The van der Waals surface area contributed by atoms with Gasteiger partial charge in [-0.1, -0.05) is 0 Å². The van der Waals surface area contributed by atoms with E-state index in [0.717, 1.165) is 13.1 Å². The molecule has 0 bridgehead atoms. The number of hydrogen-bond acceptors (Lipinski definition) is 8. The molecule has 0 aliphatic heterocycles.